The Labute approximate surface area is 131 Å². The molecule has 0 fully saturated rings. The van der Waals surface area contributed by atoms with Gasteiger partial charge in [0.25, 0.3) is 0 Å². The van der Waals surface area contributed by atoms with Crippen molar-refractivity contribution in [2.75, 3.05) is 0 Å². The van der Waals surface area contributed by atoms with E-state index in [0.29, 0.717) is 28.7 Å². The van der Waals surface area contributed by atoms with Gasteiger partial charge in [-0.25, -0.2) is 19.7 Å². The van der Waals surface area contributed by atoms with E-state index in [9.17, 15) is 9.90 Å². The zero-order valence-electron chi connectivity index (χ0n) is 12.2. The Morgan fingerprint density at radius 1 is 1.29 bits per heavy atom. The van der Waals surface area contributed by atoms with Gasteiger partial charge in [0.05, 0.1) is 16.4 Å². The molecule has 0 amide bonds. The average Bonchev–Trinajstić information content (AvgIpc) is 2.91. The minimum Gasteiger partial charge on any atom is -0.478 e. The molecule has 0 spiro atoms. The van der Waals surface area contributed by atoms with Gasteiger partial charge in [0.1, 0.15) is 16.4 Å². The first-order valence-electron chi connectivity index (χ1n) is 6.72. The van der Waals surface area contributed by atoms with Gasteiger partial charge in [-0.2, -0.15) is 0 Å². The standard InChI is InChI=1S/C14H17N3O2S2/c1-4-10-15-8(3)12(14(18)19)13(17-10)21-7-9-6-20-11(5-2)16-9/h6H,4-5,7H2,1-3H3,(H,18,19). The highest BCUT2D eigenvalue weighted by molar-refractivity contribution is 7.98. The average molecular weight is 323 g/mol. The fourth-order valence-electron chi connectivity index (χ4n) is 1.83. The Bertz CT molecular complexity index is 656. The van der Waals surface area contributed by atoms with E-state index < -0.39 is 5.97 Å². The molecule has 0 saturated carbocycles. The van der Waals surface area contributed by atoms with Crippen LogP contribution in [-0.4, -0.2) is 26.0 Å². The summed E-state index contributed by atoms with van der Waals surface area (Å²) in [6, 6.07) is 0. The number of carbonyl (C=O) groups is 1. The monoisotopic (exact) mass is 323 g/mol. The zero-order valence-corrected chi connectivity index (χ0v) is 13.8. The molecule has 0 atom stereocenters. The van der Waals surface area contributed by atoms with Crippen LogP contribution in [0.4, 0.5) is 0 Å². The number of thiazole rings is 1. The molecule has 2 aromatic heterocycles. The zero-order chi connectivity index (χ0) is 15.4. The smallest absolute Gasteiger partial charge is 0.340 e. The summed E-state index contributed by atoms with van der Waals surface area (Å²) in [7, 11) is 0. The molecule has 5 nitrogen and oxygen atoms in total. The number of hydrogen-bond donors (Lipinski definition) is 1. The molecule has 0 aliphatic rings. The van der Waals surface area contributed by atoms with Crippen molar-refractivity contribution in [1.29, 1.82) is 0 Å². The maximum atomic E-state index is 11.4. The highest BCUT2D eigenvalue weighted by Gasteiger charge is 2.18. The van der Waals surface area contributed by atoms with Gasteiger partial charge >= 0.3 is 5.97 Å². The largest absolute Gasteiger partial charge is 0.478 e. The Morgan fingerprint density at radius 2 is 2.05 bits per heavy atom. The van der Waals surface area contributed by atoms with Gasteiger partial charge in [0, 0.05) is 17.6 Å². The van der Waals surface area contributed by atoms with Crippen LogP contribution in [0.1, 0.15) is 46.4 Å². The predicted octanol–water partition coefficient (Wildman–Crippen LogP) is 3.36. The lowest BCUT2D eigenvalue weighted by Gasteiger charge is -2.08. The van der Waals surface area contributed by atoms with E-state index in [2.05, 4.69) is 21.9 Å². The van der Waals surface area contributed by atoms with Crippen LogP contribution in [-0.2, 0) is 18.6 Å². The molecule has 21 heavy (non-hydrogen) atoms. The van der Waals surface area contributed by atoms with Crippen LogP contribution in [0.25, 0.3) is 0 Å². The molecular weight excluding hydrogens is 306 g/mol. The van der Waals surface area contributed by atoms with E-state index in [1.165, 1.54) is 11.8 Å². The Kier molecular flexibility index (Phi) is 5.30. The number of carboxylic acid groups (broad SMARTS) is 1. The third kappa shape index (κ3) is 3.79. The molecule has 0 unspecified atom stereocenters. The number of carboxylic acids is 1. The van der Waals surface area contributed by atoms with Crippen molar-refractivity contribution in [3.05, 3.63) is 33.2 Å². The molecule has 2 rings (SSSR count). The van der Waals surface area contributed by atoms with Crippen molar-refractivity contribution in [2.45, 2.75) is 44.4 Å². The third-order valence-electron chi connectivity index (χ3n) is 2.89. The van der Waals surface area contributed by atoms with Crippen LogP contribution < -0.4 is 0 Å². The van der Waals surface area contributed by atoms with Gasteiger partial charge in [0.15, 0.2) is 0 Å². The molecule has 0 radical (unpaired) electrons. The van der Waals surface area contributed by atoms with E-state index in [1.54, 1.807) is 18.3 Å². The molecule has 112 valence electrons. The normalized spacial score (nSPS) is 10.8. The van der Waals surface area contributed by atoms with Crippen molar-refractivity contribution < 1.29 is 9.90 Å². The van der Waals surface area contributed by atoms with Crippen molar-refractivity contribution in [1.82, 2.24) is 15.0 Å². The van der Waals surface area contributed by atoms with Crippen LogP contribution >= 0.6 is 23.1 Å². The molecular formula is C14H17N3O2S2. The number of thioether (sulfide) groups is 1. The van der Waals surface area contributed by atoms with Crippen LogP contribution in [0.3, 0.4) is 0 Å². The summed E-state index contributed by atoms with van der Waals surface area (Å²) in [6.07, 6.45) is 1.60. The molecule has 1 N–H and O–H groups in total. The second kappa shape index (κ2) is 7.00. The second-order valence-corrected chi connectivity index (χ2v) is 6.35. The van der Waals surface area contributed by atoms with E-state index >= 15 is 0 Å². The van der Waals surface area contributed by atoms with Crippen LogP contribution in [0.2, 0.25) is 0 Å². The Morgan fingerprint density at radius 3 is 2.62 bits per heavy atom. The molecule has 2 aromatic rings. The van der Waals surface area contributed by atoms with Gasteiger partial charge in [-0.15, -0.1) is 11.3 Å². The van der Waals surface area contributed by atoms with Crippen LogP contribution in [0.5, 0.6) is 0 Å². The number of aromatic carboxylic acids is 1. The van der Waals surface area contributed by atoms with Crippen LogP contribution in [0, 0.1) is 6.92 Å². The molecule has 0 aliphatic heterocycles. The lowest BCUT2D eigenvalue weighted by atomic mass is 10.2. The Balaban J connectivity index is 2.25. The number of aromatic nitrogens is 3. The van der Waals surface area contributed by atoms with E-state index in [-0.39, 0.29) is 5.56 Å². The summed E-state index contributed by atoms with van der Waals surface area (Å²) in [5.41, 5.74) is 1.68. The lowest BCUT2D eigenvalue weighted by molar-refractivity contribution is 0.0690. The quantitative estimate of drug-likeness (QED) is 0.649. The van der Waals surface area contributed by atoms with Gasteiger partial charge in [-0.05, 0) is 13.3 Å². The van der Waals surface area contributed by atoms with Gasteiger partial charge in [-0.3, -0.25) is 0 Å². The van der Waals surface area contributed by atoms with Crippen molar-refractivity contribution in [3.63, 3.8) is 0 Å². The summed E-state index contributed by atoms with van der Waals surface area (Å²) in [5.74, 6) is 0.314. The summed E-state index contributed by atoms with van der Waals surface area (Å²) in [4.78, 5) is 24.5. The third-order valence-corrected chi connectivity index (χ3v) is 4.94. The predicted molar refractivity (Wildman–Crippen MR) is 84.2 cm³/mol. The second-order valence-electron chi connectivity index (χ2n) is 4.44. The van der Waals surface area contributed by atoms with E-state index in [4.69, 9.17) is 0 Å². The first-order valence-corrected chi connectivity index (χ1v) is 8.58. The minimum atomic E-state index is -0.981. The van der Waals surface area contributed by atoms with Gasteiger partial charge < -0.3 is 5.11 Å². The Hall–Kier alpha value is -1.47. The minimum absolute atomic E-state index is 0.197. The molecule has 0 saturated heterocycles. The molecule has 0 aromatic carbocycles. The first kappa shape index (κ1) is 15.9. The summed E-state index contributed by atoms with van der Waals surface area (Å²) >= 11 is 3.04. The fraction of sp³-hybridized carbons (Fsp3) is 0.429. The summed E-state index contributed by atoms with van der Waals surface area (Å²) < 4.78 is 0. The fourth-order valence-corrected chi connectivity index (χ4v) is 3.66. The number of nitrogens with zero attached hydrogens (tertiary/aromatic N) is 3. The number of rotatable bonds is 6. The lowest BCUT2D eigenvalue weighted by Crippen LogP contribution is -2.09. The molecule has 7 heteroatoms. The highest BCUT2D eigenvalue weighted by atomic mass is 32.2. The highest BCUT2D eigenvalue weighted by Crippen LogP contribution is 2.27. The molecule has 0 bridgehead atoms. The van der Waals surface area contributed by atoms with Gasteiger partial charge in [0.2, 0.25) is 0 Å². The van der Waals surface area contributed by atoms with Crippen molar-refractivity contribution in [3.8, 4) is 0 Å². The topological polar surface area (TPSA) is 76.0 Å². The number of aryl methyl sites for hydroxylation is 3. The summed E-state index contributed by atoms with van der Waals surface area (Å²) in [5, 5.41) is 13.0. The van der Waals surface area contributed by atoms with E-state index in [1.807, 2.05) is 12.3 Å². The maximum Gasteiger partial charge on any atom is 0.340 e. The first-order chi connectivity index (χ1) is 10.0. The van der Waals surface area contributed by atoms with Gasteiger partial charge in [-0.1, -0.05) is 25.6 Å². The number of hydrogen-bond acceptors (Lipinski definition) is 6. The van der Waals surface area contributed by atoms with Crippen molar-refractivity contribution >= 4 is 29.1 Å². The SMILES string of the molecule is CCc1nc(C)c(C(=O)O)c(SCc2csc(CC)n2)n1. The van der Waals surface area contributed by atoms with Crippen molar-refractivity contribution in [2.24, 2.45) is 0 Å². The molecule has 2 heterocycles. The molecule has 0 aliphatic carbocycles. The summed E-state index contributed by atoms with van der Waals surface area (Å²) in [6.45, 7) is 5.74. The van der Waals surface area contributed by atoms with Crippen LogP contribution in [0.15, 0.2) is 10.4 Å². The van der Waals surface area contributed by atoms with E-state index in [0.717, 1.165) is 17.1 Å². The maximum absolute atomic E-state index is 11.4.